The Balaban J connectivity index is 0.767. The molecule has 0 amide bonds. The second kappa shape index (κ2) is 26.6. The molecule has 6 heterocycles. The predicted octanol–water partition coefficient (Wildman–Crippen LogP) is 26.7. The van der Waals surface area contributed by atoms with E-state index in [1.54, 1.807) is 6.33 Å². The minimum Gasteiger partial charge on any atom is -0.354 e. The first-order valence-electron chi connectivity index (χ1n) is 38.3. The zero-order valence-electron chi connectivity index (χ0n) is 65.5. The van der Waals surface area contributed by atoms with Crippen molar-refractivity contribution in [2.75, 3.05) is 0 Å². The molecule has 0 atom stereocenters. The molecule has 0 fully saturated rings. The fraction of sp³-hybridized carbons (Fsp3) is 0.157. The second-order valence-corrected chi connectivity index (χ2v) is 30.9. The van der Waals surface area contributed by atoms with E-state index in [0.29, 0.717) is 0 Å². The van der Waals surface area contributed by atoms with Gasteiger partial charge in [-0.1, -0.05) is 121 Å². The molecule has 6 aromatic heterocycles. The first-order valence-corrected chi connectivity index (χ1v) is 38.3. The molecule has 534 valence electrons. The van der Waals surface area contributed by atoms with E-state index in [2.05, 4.69) is 336 Å². The van der Waals surface area contributed by atoms with Crippen molar-refractivity contribution in [2.45, 2.75) is 111 Å². The average molecular weight is 1420 g/mol. The van der Waals surface area contributed by atoms with Gasteiger partial charge in [0.15, 0.2) is 0 Å². The van der Waals surface area contributed by atoms with Crippen LogP contribution in [-0.4, -0.2) is 39.5 Å². The summed E-state index contributed by atoms with van der Waals surface area (Å²) in [5.41, 5.74) is 45.8. The number of hydrogen-bond acceptors (Lipinski definition) is 6. The van der Waals surface area contributed by atoms with Crippen molar-refractivity contribution >= 4 is 65.2 Å². The first kappa shape index (κ1) is 69.0. The van der Waals surface area contributed by atoms with Gasteiger partial charge in [-0.25, -0.2) is 19.9 Å². The molecule has 1 N–H and O–H groups in total. The van der Waals surface area contributed by atoms with Crippen LogP contribution in [0.4, 0.5) is 0 Å². The van der Waals surface area contributed by atoms with Gasteiger partial charge in [0.25, 0.3) is 0 Å². The molecule has 0 spiro atoms. The predicted molar refractivity (Wildman–Crippen MR) is 462 cm³/mol. The Labute approximate surface area is 643 Å². The quantitative estimate of drug-likeness (QED) is 0.139. The first-order chi connectivity index (χ1) is 53.1. The summed E-state index contributed by atoms with van der Waals surface area (Å²) in [6.45, 7) is 35.0. The Kier molecular flexibility index (Phi) is 16.7. The van der Waals surface area contributed by atoms with E-state index in [-0.39, 0.29) is 0 Å². The minimum atomic E-state index is 0.781. The fourth-order valence-electron chi connectivity index (χ4n) is 18.4. The van der Waals surface area contributed by atoms with Gasteiger partial charge < -0.3 is 9.55 Å². The number of nitrogens with zero attached hydrogens (tertiary/aromatic N) is 7. The lowest BCUT2D eigenvalue weighted by atomic mass is 9.84. The number of pyridine rings is 2. The largest absolute Gasteiger partial charge is 0.354 e. The van der Waals surface area contributed by atoms with E-state index >= 15 is 0 Å². The maximum absolute atomic E-state index is 4.94. The summed E-state index contributed by atoms with van der Waals surface area (Å²) in [6, 6.07) is 80.2. The maximum Gasteiger partial charge on any atom is 0.125 e. The molecule has 8 nitrogen and oxygen atoms in total. The van der Waals surface area contributed by atoms with Crippen molar-refractivity contribution < 1.29 is 0 Å². The smallest absolute Gasteiger partial charge is 0.125 e. The highest BCUT2D eigenvalue weighted by Gasteiger charge is 2.29. The molecule has 0 aliphatic rings. The van der Waals surface area contributed by atoms with Crippen LogP contribution >= 0.6 is 0 Å². The number of rotatable bonds is 11. The number of H-pyrrole nitrogens is 1. The zero-order chi connectivity index (χ0) is 76.0. The molecule has 0 bridgehead atoms. The van der Waals surface area contributed by atoms with Crippen molar-refractivity contribution in [3.8, 4) is 117 Å². The molecule has 18 rings (SSSR count). The highest BCUT2D eigenvalue weighted by Crippen LogP contribution is 2.52. The van der Waals surface area contributed by atoms with Crippen molar-refractivity contribution in [1.29, 1.82) is 0 Å². The summed E-state index contributed by atoms with van der Waals surface area (Å²) in [5, 5.41) is 9.56. The molecule has 0 aliphatic heterocycles. The third-order valence-electron chi connectivity index (χ3n) is 23.9. The molecule has 12 aromatic carbocycles. The van der Waals surface area contributed by atoms with E-state index in [9.17, 15) is 0 Å². The van der Waals surface area contributed by atoms with Gasteiger partial charge in [-0.05, 0) is 357 Å². The number of benzene rings is 12. The van der Waals surface area contributed by atoms with Crippen molar-refractivity contribution in [2.24, 2.45) is 0 Å². The summed E-state index contributed by atoms with van der Waals surface area (Å²) in [5.74, 6) is 0.781. The molecule has 0 saturated heterocycles. The van der Waals surface area contributed by atoms with Crippen LogP contribution in [0.15, 0.2) is 225 Å². The maximum atomic E-state index is 4.94. The Bertz CT molecular complexity index is 6910. The van der Waals surface area contributed by atoms with E-state index in [0.717, 1.165) is 146 Å². The van der Waals surface area contributed by atoms with Gasteiger partial charge in [-0.3, -0.25) is 9.97 Å². The van der Waals surface area contributed by atoms with Gasteiger partial charge in [-0.2, -0.15) is 0 Å². The van der Waals surface area contributed by atoms with Crippen LogP contribution in [0.25, 0.3) is 182 Å². The number of aryl methyl sites for hydroxylation is 12. The highest BCUT2D eigenvalue weighted by atomic mass is 15.0. The molecular weight excluding hydrogens is 1340 g/mol. The lowest BCUT2D eigenvalue weighted by molar-refractivity contribution is 0.981. The normalized spacial score (nSPS) is 11.8. The second-order valence-electron chi connectivity index (χ2n) is 30.9. The van der Waals surface area contributed by atoms with Crippen molar-refractivity contribution in [1.82, 2.24) is 39.5 Å². The lowest BCUT2D eigenvalue weighted by Crippen LogP contribution is -2.01. The standard InChI is InChI=1S/C102H86N8/c1-54-39-56(3)105-65(12)94(54)79-24-17-21-76(44-79)87-50-90-89-49-75(36-38-92(89)109-93(90)51-88(87)77-22-18-25-80(45-77)95-55(2)40-57(4)106-66(95)13)74-34-30-70-29-32-72(41-84(70)42-74)73-33-31-71-35-37-86(48-85(71)43-73)110-101-62(9)58(5)60(7)96(81-26-19-23-78(46-81)91-52-103-53-104-64(91)11)99(101)100-97(61(8)59(6)63(10)102(100)110)82-27-20-28-83(47-82)98-67(14)107-69(16)108-68(98)15/h17-53,109H,1-16H3. The van der Waals surface area contributed by atoms with E-state index in [4.69, 9.17) is 19.9 Å². The lowest BCUT2D eigenvalue weighted by Gasteiger charge is -2.19. The number of nitrogens with one attached hydrogen (secondary N) is 1. The summed E-state index contributed by atoms with van der Waals surface area (Å²) in [7, 11) is 0. The molecule has 0 radical (unpaired) electrons. The summed E-state index contributed by atoms with van der Waals surface area (Å²) < 4.78 is 2.61. The Hall–Kier alpha value is -12.8. The Morgan fingerprint density at radius 1 is 0.282 bits per heavy atom. The summed E-state index contributed by atoms with van der Waals surface area (Å²) in [4.78, 5) is 32.7. The van der Waals surface area contributed by atoms with Crippen LogP contribution in [-0.2, 0) is 0 Å². The highest BCUT2D eigenvalue weighted by molar-refractivity contribution is 6.24. The van der Waals surface area contributed by atoms with Crippen molar-refractivity contribution in [3.63, 3.8) is 0 Å². The van der Waals surface area contributed by atoms with Gasteiger partial charge in [0, 0.05) is 107 Å². The third kappa shape index (κ3) is 11.5. The third-order valence-corrected chi connectivity index (χ3v) is 23.9. The summed E-state index contributed by atoms with van der Waals surface area (Å²) >= 11 is 0. The number of aromatic nitrogens is 8. The molecule has 18 aromatic rings. The average Bonchev–Trinajstić information content (AvgIpc) is 1.53. The van der Waals surface area contributed by atoms with E-state index in [1.807, 2.05) is 13.1 Å². The molecular formula is C102H86N8. The van der Waals surface area contributed by atoms with Gasteiger partial charge in [0.2, 0.25) is 0 Å². The fourth-order valence-corrected chi connectivity index (χ4v) is 18.4. The molecule has 0 unspecified atom stereocenters. The topological polar surface area (TPSA) is 98.1 Å². The number of hydrogen-bond donors (Lipinski definition) is 1. The van der Waals surface area contributed by atoms with Crippen LogP contribution in [0.2, 0.25) is 0 Å². The number of aromatic amines is 1. The summed E-state index contributed by atoms with van der Waals surface area (Å²) in [6.07, 6.45) is 3.58. The van der Waals surface area contributed by atoms with Crippen LogP contribution < -0.4 is 0 Å². The number of fused-ring (bicyclic) bond motifs is 8. The van der Waals surface area contributed by atoms with Crippen LogP contribution in [0, 0.1) is 111 Å². The zero-order valence-corrected chi connectivity index (χ0v) is 65.5. The molecule has 110 heavy (non-hydrogen) atoms. The molecule has 0 saturated carbocycles. The van der Waals surface area contributed by atoms with Gasteiger partial charge in [0.1, 0.15) is 12.2 Å². The van der Waals surface area contributed by atoms with Crippen LogP contribution in [0.3, 0.4) is 0 Å². The Morgan fingerprint density at radius 3 is 1.19 bits per heavy atom. The van der Waals surface area contributed by atoms with E-state index in [1.165, 1.54) is 126 Å². The SMILES string of the molecule is Cc1cc(C)c(-c2cccc(-c3cc4[nH]c5ccc(-c6ccc7ccc(-c8ccc9ccc(-n%10c%11c(C)c(C)c(C)c(-c%12cccc(-c%13cncnc%13C)c%12)c%11c%11c(-c%12cccc(-c%13c(C)nc(C)nc%13C)c%12)c(C)c(C)c(C)c%11%10)cc9c8)cc7c6)cc5c4cc3-c3cccc(-c4c(C)cc(C)nc4C)c3)c2)c(C)n1. The molecule has 0 aliphatic carbocycles. The van der Waals surface area contributed by atoms with Gasteiger partial charge in [-0.15, -0.1) is 0 Å². The van der Waals surface area contributed by atoms with Gasteiger partial charge >= 0.3 is 0 Å². The van der Waals surface area contributed by atoms with Crippen LogP contribution in [0.1, 0.15) is 90.2 Å². The Morgan fingerprint density at radius 2 is 0.691 bits per heavy atom. The van der Waals surface area contributed by atoms with Crippen molar-refractivity contribution in [3.05, 3.63) is 315 Å². The van der Waals surface area contributed by atoms with Gasteiger partial charge in [0.05, 0.1) is 11.0 Å². The van der Waals surface area contributed by atoms with E-state index < -0.39 is 0 Å². The molecule has 8 heteroatoms. The van der Waals surface area contributed by atoms with Crippen LogP contribution in [0.5, 0.6) is 0 Å². The monoisotopic (exact) mass is 1420 g/mol. The minimum absolute atomic E-state index is 0.781.